The molecule has 0 bridgehead atoms. The lowest BCUT2D eigenvalue weighted by molar-refractivity contribution is -0.165. The molecule has 2 heterocycles. The summed E-state index contributed by atoms with van der Waals surface area (Å²) >= 11 is 0. The molecule has 1 spiro atoms. The summed E-state index contributed by atoms with van der Waals surface area (Å²) in [5.41, 5.74) is -0.916. The van der Waals surface area contributed by atoms with Crippen molar-refractivity contribution in [3.8, 4) is 0 Å². The van der Waals surface area contributed by atoms with Crippen molar-refractivity contribution < 1.29 is 19.1 Å². The summed E-state index contributed by atoms with van der Waals surface area (Å²) in [5.74, 6) is -1.05. The molecule has 2 rings (SSSR count). The Morgan fingerprint density at radius 1 is 1.23 bits per heavy atom. The van der Waals surface area contributed by atoms with E-state index >= 15 is 0 Å². The van der Waals surface area contributed by atoms with Crippen molar-refractivity contribution in [2.45, 2.75) is 58.2 Å². The van der Waals surface area contributed by atoms with Gasteiger partial charge in [0.1, 0.15) is 17.3 Å². The predicted molar refractivity (Wildman–Crippen MR) is 101 cm³/mol. The molecule has 2 aliphatic rings. The summed E-state index contributed by atoms with van der Waals surface area (Å²) in [7, 11) is 3.74. The Labute approximate surface area is 158 Å². The first-order chi connectivity index (χ1) is 12.1. The fraction of sp³-hybridized carbons (Fsp3) is 0.900. The number of carbonyl (C=O) groups is 2. The summed E-state index contributed by atoms with van der Waals surface area (Å²) in [4.78, 5) is 27.7. The molecule has 0 aromatic rings. The number of ether oxygens (including phenoxy) is 2. The van der Waals surface area contributed by atoms with E-state index in [4.69, 9.17) is 9.47 Å². The SMILES string of the molecule is COC1(C)CC(C)CNCC2(CCN(C)C2)OC(=O)C(C)C(=O)C(C)C1. The van der Waals surface area contributed by atoms with Gasteiger partial charge in [0.05, 0.1) is 5.60 Å². The molecule has 0 aliphatic carbocycles. The van der Waals surface area contributed by atoms with E-state index in [-0.39, 0.29) is 17.3 Å². The average molecular weight is 369 g/mol. The van der Waals surface area contributed by atoms with Gasteiger partial charge in [0.25, 0.3) is 0 Å². The Bertz CT molecular complexity index is 526. The molecule has 2 aliphatic heterocycles. The van der Waals surface area contributed by atoms with Gasteiger partial charge >= 0.3 is 5.97 Å². The Kier molecular flexibility index (Phi) is 6.86. The van der Waals surface area contributed by atoms with Crippen LogP contribution in [0.15, 0.2) is 0 Å². The number of likely N-dealkylation sites (N-methyl/N-ethyl adjacent to an activating group) is 1. The number of nitrogens with one attached hydrogen (secondary N) is 1. The van der Waals surface area contributed by atoms with Crippen LogP contribution in [0.25, 0.3) is 0 Å². The van der Waals surface area contributed by atoms with Crippen LogP contribution in [-0.4, -0.2) is 68.2 Å². The second-order valence-electron chi connectivity index (χ2n) is 8.92. The highest BCUT2D eigenvalue weighted by molar-refractivity contribution is 5.99. The van der Waals surface area contributed by atoms with Crippen LogP contribution in [0, 0.1) is 17.8 Å². The molecule has 1 N–H and O–H groups in total. The van der Waals surface area contributed by atoms with Crippen LogP contribution in [0.2, 0.25) is 0 Å². The van der Waals surface area contributed by atoms with Gasteiger partial charge in [0, 0.05) is 39.1 Å². The maximum absolute atomic E-state index is 12.8. The van der Waals surface area contributed by atoms with Crippen LogP contribution in [0.3, 0.4) is 0 Å². The predicted octanol–water partition coefficient (Wildman–Crippen LogP) is 1.87. The third kappa shape index (κ3) is 5.05. The van der Waals surface area contributed by atoms with Gasteiger partial charge in [-0.2, -0.15) is 0 Å². The van der Waals surface area contributed by atoms with E-state index in [1.165, 1.54) is 0 Å². The number of Topliss-reactive ketones (excluding diaryl/α,β-unsaturated/α-hetero) is 1. The third-order valence-electron chi connectivity index (χ3n) is 6.04. The number of carbonyl (C=O) groups excluding carboxylic acids is 2. The number of likely N-dealkylation sites (tertiary alicyclic amines) is 1. The van der Waals surface area contributed by atoms with Crippen molar-refractivity contribution in [3.05, 3.63) is 0 Å². The normalized spacial score (nSPS) is 41.4. The van der Waals surface area contributed by atoms with Gasteiger partial charge in [-0.05, 0) is 46.2 Å². The quantitative estimate of drug-likeness (QED) is 0.563. The van der Waals surface area contributed by atoms with Gasteiger partial charge < -0.3 is 19.7 Å². The molecule has 2 saturated heterocycles. The minimum atomic E-state index is -0.743. The minimum absolute atomic E-state index is 0.0559. The molecule has 0 amide bonds. The van der Waals surface area contributed by atoms with Crippen molar-refractivity contribution in [2.75, 3.05) is 40.3 Å². The lowest BCUT2D eigenvalue weighted by Gasteiger charge is -2.33. The summed E-state index contributed by atoms with van der Waals surface area (Å²) in [6.45, 7) is 10.9. The first-order valence-corrected chi connectivity index (χ1v) is 9.81. The molecule has 5 atom stereocenters. The highest BCUT2D eigenvalue weighted by Gasteiger charge is 2.43. The molecule has 5 unspecified atom stereocenters. The molecule has 6 nitrogen and oxygen atoms in total. The Balaban J connectivity index is 2.25. The molecule has 150 valence electrons. The van der Waals surface area contributed by atoms with Crippen molar-refractivity contribution in [1.29, 1.82) is 0 Å². The van der Waals surface area contributed by atoms with E-state index in [0.29, 0.717) is 25.4 Å². The summed E-state index contributed by atoms with van der Waals surface area (Å²) < 4.78 is 11.7. The molecular formula is C20H36N2O4. The molecule has 0 radical (unpaired) electrons. The van der Waals surface area contributed by atoms with Crippen molar-refractivity contribution in [1.82, 2.24) is 10.2 Å². The zero-order valence-electron chi connectivity index (χ0n) is 17.3. The van der Waals surface area contributed by atoms with E-state index in [2.05, 4.69) is 24.1 Å². The van der Waals surface area contributed by atoms with Gasteiger partial charge in [0.2, 0.25) is 0 Å². The van der Waals surface area contributed by atoms with Gasteiger partial charge in [0.15, 0.2) is 0 Å². The molecular weight excluding hydrogens is 332 g/mol. The smallest absolute Gasteiger partial charge is 0.316 e. The van der Waals surface area contributed by atoms with Gasteiger partial charge in [-0.25, -0.2) is 0 Å². The molecule has 0 saturated carbocycles. The summed E-state index contributed by atoms with van der Waals surface area (Å²) in [5, 5.41) is 3.50. The highest BCUT2D eigenvalue weighted by Crippen LogP contribution is 2.31. The lowest BCUT2D eigenvalue weighted by atomic mass is 9.81. The van der Waals surface area contributed by atoms with E-state index in [0.717, 1.165) is 25.9 Å². The van der Waals surface area contributed by atoms with E-state index in [1.807, 2.05) is 14.0 Å². The van der Waals surface area contributed by atoms with Crippen LogP contribution in [0.4, 0.5) is 0 Å². The number of hydrogen-bond acceptors (Lipinski definition) is 6. The third-order valence-corrected chi connectivity index (χ3v) is 6.04. The molecule has 2 fully saturated rings. The number of rotatable bonds is 1. The number of esters is 1. The van der Waals surface area contributed by atoms with Crippen LogP contribution in [0.5, 0.6) is 0 Å². The number of nitrogens with zero attached hydrogens (tertiary/aromatic N) is 1. The summed E-state index contributed by atoms with van der Waals surface area (Å²) in [6.07, 6.45) is 2.27. The van der Waals surface area contributed by atoms with Crippen molar-refractivity contribution in [2.24, 2.45) is 17.8 Å². The zero-order chi connectivity index (χ0) is 19.5. The fourth-order valence-electron chi connectivity index (χ4n) is 4.51. The van der Waals surface area contributed by atoms with Crippen LogP contribution in [-0.2, 0) is 19.1 Å². The van der Waals surface area contributed by atoms with Crippen LogP contribution >= 0.6 is 0 Å². The summed E-state index contributed by atoms with van der Waals surface area (Å²) in [6, 6.07) is 0. The Morgan fingerprint density at radius 2 is 1.92 bits per heavy atom. The topological polar surface area (TPSA) is 67.9 Å². The van der Waals surface area contributed by atoms with Gasteiger partial charge in [-0.3, -0.25) is 9.59 Å². The van der Waals surface area contributed by atoms with Gasteiger partial charge in [-0.1, -0.05) is 13.8 Å². The van der Waals surface area contributed by atoms with E-state index in [9.17, 15) is 9.59 Å². The largest absolute Gasteiger partial charge is 0.456 e. The van der Waals surface area contributed by atoms with Crippen molar-refractivity contribution in [3.63, 3.8) is 0 Å². The molecule has 6 heteroatoms. The first-order valence-electron chi connectivity index (χ1n) is 9.81. The van der Waals surface area contributed by atoms with Gasteiger partial charge in [-0.15, -0.1) is 0 Å². The van der Waals surface area contributed by atoms with Crippen molar-refractivity contribution >= 4 is 11.8 Å². The van der Waals surface area contributed by atoms with Crippen LogP contribution in [0.1, 0.15) is 47.0 Å². The molecule has 0 aromatic heterocycles. The minimum Gasteiger partial charge on any atom is -0.456 e. The first kappa shape index (κ1) is 21.3. The second kappa shape index (κ2) is 8.36. The highest BCUT2D eigenvalue weighted by atomic mass is 16.6. The fourth-order valence-corrected chi connectivity index (χ4v) is 4.51. The van der Waals surface area contributed by atoms with E-state index in [1.54, 1.807) is 14.0 Å². The van der Waals surface area contributed by atoms with Crippen LogP contribution < -0.4 is 5.32 Å². The number of hydrogen-bond donors (Lipinski definition) is 1. The lowest BCUT2D eigenvalue weighted by Crippen LogP contribution is -2.48. The molecule has 26 heavy (non-hydrogen) atoms. The van der Waals surface area contributed by atoms with E-state index < -0.39 is 17.5 Å². The maximum Gasteiger partial charge on any atom is 0.316 e. The number of ketones is 1. The standard InChI is InChI=1S/C20H36N2O4/c1-14-9-19(4,25-6)10-15(2)17(23)16(3)18(24)26-20(12-21-11-14)7-8-22(5)13-20/h14-16,21H,7-13H2,1-6H3. The monoisotopic (exact) mass is 368 g/mol. The second-order valence-corrected chi connectivity index (χ2v) is 8.92. The Morgan fingerprint density at radius 3 is 2.50 bits per heavy atom. The number of methoxy groups -OCH3 is 1. The Hall–Kier alpha value is -0.980. The zero-order valence-corrected chi connectivity index (χ0v) is 17.3. The average Bonchev–Trinajstić information content (AvgIpc) is 2.93. The molecule has 0 aromatic carbocycles. The maximum atomic E-state index is 12.8.